The third-order valence-electron chi connectivity index (χ3n) is 14.1. The maximum atomic E-state index is 11.9. The maximum absolute atomic E-state index is 11.9. The molecule has 0 spiro atoms. The summed E-state index contributed by atoms with van der Waals surface area (Å²) in [6, 6.07) is 45.7. The number of allylic oxidation sites excluding steroid dienone is 4. The maximum Gasteiger partial charge on any atom is 0.267 e. The van der Waals surface area contributed by atoms with Gasteiger partial charge in [0.15, 0.2) is 15.8 Å². The first-order valence-corrected chi connectivity index (χ1v) is 33.0. The van der Waals surface area contributed by atoms with Crippen molar-refractivity contribution < 1.29 is 48.3 Å². The quantitative estimate of drug-likeness (QED) is 0.0724. The molecule has 6 aromatic carbocycles. The topological polar surface area (TPSA) is 203 Å². The molecule has 0 saturated carbocycles. The van der Waals surface area contributed by atoms with Crippen LogP contribution in [-0.2, 0) is 43.1 Å². The van der Waals surface area contributed by atoms with Crippen molar-refractivity contribution in [3.05, 3.63) is 201 Å². The number of halogens is 1. The molecule has 2 aliphatic rings. The van der Waals surface area contributed by atoms with E-state index < -0.39 is 41.2 Å². The minimum Gasteiger partial charge on any atom is -0.748 e. The second-order valence-electron chi connectivity index (χ2n) is 19.9. The van der Waals surface area contributed by atoms with Crippen LogP contribution in [-0.4, -0.2) is 65.2 Å². The molecule has 428 valence electrons. The molecule has 0 amide bonds. The SMILES string of the molecule is CCC(=Cc1oc2ccc(-c3ccccc3)cc2c1CC)/C=C1\Sc2ccccc2N1CN=S(C)(=O)O.CCC(=Cc1oc2ccc(Cl)cc2c1CCCS(=O)(=O)[O-])/C=C1\Oc2ccc(-c3ccccc3)cc2N1CCC(C)S(=O)(=O)O. The van der Waals surface area contributed by atoms with E-state index in [1.54, 1.807) is 30.0 Å². The number of hydrogen-bond acceptors (Lipinski definition) is 13. The van der Waals surface area contributed by atoms with E-state index in [0.717, 1.165) is 84.1 Å². The number of nitrogens with zero attached hydrogens (tertiary/aromatic N) is 3. The number of ether oxygens (including phenoxy) is 1. The largest absolute Gasteiger partial charge is 0.748 e. The van der Waals surface area contributed by atoms with E-state index in [9.17, 15) is 34.7 Å². The van der Waals surface area contributed by atoms with Gasteiger partial charge in [-0.1, -0.05) is 129 Å². The predicted molar refractivity (Wildman–Crippen MR) is 332 cm³/mol. The standard InChI is InChI=1S/C33H34ClNO8S2.C30H30N2O3S2/c1-3-23(18-32-27(10-7-17-44(36,37)38)28-21-26(34)12-14-30(28)42-32)19-33-35(16-15-22(2)45(39,40)41)29-20-25(11-13-31(29)43-33)24-8-5-4-6-9-24;1-4-21(18-30-32(20-31-37(3,33)34)26-13-9-10-14-29(26)36-30)17-28-24(5-2)25-19-23(15-16-27(25)35-28)22-11-7-6-8-12-22/h4-6,8-9,11-14,18-22H,3,7,10,15-17H2,1-2H3,(H,36,37,38)(H,39,40,41);6-19H,4-5,20H2,1-3H3,(H,31,33,34)/p-1/b23-18?,33-19-;21-17?,30-18-. The van der Waals surface area contributed by atoms with Crippen molar-refractivity contribution in [2.45, 2.75) is 76.4 Å². The second kappa shape index (κ2) is 25.7. The van der Waals surface area contributed by atoms with E-state index in [1.807, 2.05) is 102 Å². The molecule has 2 unspecified atom stereocenters. The lowest BCUT2D eigenvalue weighted by molar-refractivity contribution is 0.433. The number of anilines is 2. The lowest BCUT2D eigenvalue weighted by Gasteiger charge is -2.20. The van der Waals surface area contributed by atoms with E-state index in [-0.39, 0.29) is 32.5 Å². The second-order valence-corrected chi connectivity index (χ2v) is 26.5. The van der Waals surface area contributed by atoms with Gasteiger partial charge in [0.05, 0.1) is 31.8 Å². The van der Waals surface area contributed by atoms with Crippen LogP contribution in [0.4, 0.5) is 11.4 Å². The normalized spacial score (nSPS) is 15.8. The Balaban J connectivity index is 0.000000201. The van der Waals surface area contributed by atoms with Gasteiger partial charge in [0.1, 0.15) is 29.4 Å². The van der Waals surface area contributed by atoms with E-state index in [2.05, 4.69) is 78.9 Å². The number of hydrogen-bond donors (Lipinski definition) is 2. The minimum atomic E-state index is -4.38. The smallest absolute Gasteiger partial charge is 0.267 e. The average molecular weight is 1200 g/mol. The van der Waals surface area contributed by atoms with Crippen LogP contribution in [0.15, 0.2) is 192 Å². The summed E-state index contributed by atoms with van der Waals surface area (Å²) in [4.78, 5) is 4.99. The van der Waals surface area contributed by atoms with Crippen molar-refractivity contribution in [3.63, 3.8) is 0 Å². The molecule has 0 radical (unpaired) electrons. The third kappa shape index (κ3) is 14.7. The van der Waals surface area contributed by atoms with Crippen LogP contribution in [0.2, 0.25) is 5.02 Å². The number of rotatable bonds is 19. The van der Waals surface area contributed by atoms with Crippen LogP contribution in [0.3, 0.4) is 0 Å². The summed E-state index contributed by atoms with van der Waals surface area (Å²) in [6.07, 6.45) is 12.0. The lowest BCUT2D eigenvalue weighted by Crippen LogP contribution is -2.27. The zero-order valence-electron chi connectivity index (χ0n) is 46.0. The van der Waals surface area contributed by atoms with Crippen LogP contribution in [0.25, 0.3) is 56.3 Å². The first-order valence-electron chi connectivity index (χ1n) is 26.8. The molecule has 10 rings (SSSR count). The Morgan fingerprint density at radius 2 is 1.28 bits per heavy atom. The monoisotopic (exact) mass is 1200 g/mol. The third-order valence-corrected chi connectivity index (χ3v) is 18.1. The molecular weight excluding hydrogens is 1140 g/mol. The Labute approximate surface area is 489 Å². The van der Waals surface area contributed by atoms with Crippen molar-refractivity contribution in [1.82, 2.24) is 0 Å². The highest BCUT2D eigenvalue weighted by Crippen LogP contribution is 2.47. The highest BCUT2D eigenvalue weighted by Gasteiger charge is 2.30. The zero-order chi connectivity index (χ0) is 58.3. The number of fused-ring (bicyclic) bond motifs is 4. The highest BCUT2D eigenvalue weighted by atomic mass is 35.5. The van der Waals surface area contributed by atoms with Crippen LogP contribution >= 0.6 is 23.4 Å². The first-order chi connectivity index (χ1) is 39.2. The number of furan rings is 2. The zero-order valence-corrected chi connectivity index (χ0v) is 50.0. The van der Waals surface area contributed by atoms with Crippen molar-refractivity contribution in [2.24, 2.45) is 4.36 Å². The molecule has 2 aliphatic heterocycles. The average Bonchev–Trinajstić information content (AvgIpc) is 4.31. The fourth-order valence-electron chi connectivity index (χ4n) is 9.72. The number of para-hydroxylation sites is 1. The molecule has 0 bridgehead atoms. The molecule has 2 atom stereocenters. The summed E-state index contributed by atoms with van der Waals surface area (Å²) < 4.78 is 111. The van der Waals surface area contributed by atoms with Gasteiger partial charge in [-0.05, 0) is 152 Å². The summed E-state index contributed by atoms with van der Waals surface area (Å²) in [7, 11) is -11.8. The molecule has 82 heavy (non-hydrogen) atoms. The summed E-state index contributed by atoms with van der Waals surface area (Å²) in [5.74, 6) is 1.97. The summed E-state index contributed by atoms with van der Waals surface area (Å²) in [5.41, 5.74) is 11.4. The molecule has 0 saturated heterocycles. The molecule has 4 heterocycles. The first kappa shape index (κ1) is 59.7. The molecule has 14 nitrogen and oxygen atoms in total. The minimum absolute atomic E-state index is 0.117. The van der Waals surface area contributed by atoms with Gasteiger partial charge in [-0.15, -0.1) is 0 Å². The number of benzene rings is 6. The van der Waals surface area contributed by atoms with Crippen molar-refractivity contribution in [2.75, 3.05) is 35.0 Å². The molecule has 19 heteroatoms. The van der Waals surface area contributed by atoms with Crippen LogP contribution in [0, 0.1) is 0 Å². The number of aryl methyl sites for hydroxylation is 2. The highest BCUT2D eigenvalue weighted by molar-refractivity contribution is 8.03. The fraction of sp³-hybridized carbons (Fsp3) is 0.238. The van der Waals surface area contributed by atoms with Gasteiger partial charge in [-0.3, -0.25) is 4.55 Å². The Hall–Kier alpha value is -6.87. The molecular formula is C63H63ClN3O11S4-. The van der Waals surface area contributed by atoms with E-state index in [1.165, 1.54) is 29.9 Å². The van der Waals surface area contributed by atoms with Gasteiger partial charge in [-0.25, -0.2) is 12.6 Å². The van der Waals surface area contributed by atoms with Crippen LogP contribution < -0.4 is 14.5 Å². The van der Waals surface area contributed by atoms with Gasteiger partial charge in [0.25, 0.3) is 10.1 Å². The summed E-state index contributed by atoms with van der Waals surface area (Å²) in [5, 5.41) is 2.36. The Morgan fingerprint density at radius 1 is 0.695 bits per heavy atom. The Kier molecular flexibility index (Phi) is 18.7. The fourth-order valence-corrected chi connectivity index (χ4v) is 12.3. The Bertz CT molecular complexity index is 4140. The molecule has 0 aliphatic carbocycles. The molecule has 2 aromatic heterocycles. The Morgan fingerprint density at radius 3 is 1.90 bits per heavy atom. The van der Waals surface area contributed by atoms with Gasteiger partial charge in [0, 0.05) is 56.4 Å². The summed E-state index contributed by atoms with van der Waals surface area (Å²) in [6.45, 7) is 8.08. The summed E-state index contributed by atoms with van der Waals surface area (Å²) >= 11 is 7.90. The van der Waals surface area contributed by atoms with Crippen molar-refractivity contribution in [1.29, 1.82) is 0 Å². The van der Waals surface area contributed by atoms with Gasteiger partial charge < -0.3 is 32.5 Å². The van der Waals surface area contributed by atoms with Gasteiger partial charge in [-0.2, -0.15) is 12.8 Å². The number of thioether (sulfide) groups is 1. The van der Waals surface area contributed by atoms with E-state index in [0.29, 0.717) is 34.4 Å². The van der Waals surface area contributed by atoms with E-state index >= 15 is 0 Å². The lowest BCUT2D eigenvalue weighted by atomic mass is 10.0. The predicted octanol–water partition coefficient (Wildman–Crippen LogP) is 15.9. The molecule has 0 fully saturated rings. The molecule has 8 aromatic rings. The van der Waals surface area contributed by atoms with Gasteiger partial charge >= 0.3 is 0 Å². The van der Waals surface area contributed by atoms with E-state index in [4.69, 9.17) is 25.2 Å². The molecule has 2 N–H and O–H groups in total. The van der Waals surface area contributed by atoms with Crippen molar-refractivity contribution >= 4 is 99.1 Å². The van der Waals surface area contributed by atoms with Crippen LogP contribution in [0.1, 0.15) is 76.0 Å². The van der Waals surface area contributed by atoms with Gasteiger partial charge in [0.2, 0.25) is 5.88 Å². The van der Waals surface area contributed by atoms with Crippen LogP contribution in [0.5, 0.6) is 5.75 Å². The van der Waals surface area contributed by atoms with Crippen molar-refractivity contribution in [3.8, 4) is 28.0 Å².